The number of carboxylic acid groups (broad SMARTS) is 1. The van der Waals surface area contributed by atoms with Crippen molar-refractivity contribution in [3.05, 3.63) is 28.2 Å². The Kier molecular flexibility index (Phi) is 6.32. The first kappa shape index (κ1) is 15.1. The fourth-order valence-electron chi connectivity index (χ4n) is 1.13. The van der Waals surface area contributed by atoms with E-state index < -0.39 is 5.97 Å². The number of carbonyl (C=O) groups excluding carboxylic acids is 1. The molecule has 4 nitrogen and oxygen atoms in total. The molecule has 0 atom stereocenters. The van der Waals surface area contributed by atoms with Crippen LogP contribution in [0.3, 0.4) is 0 Å². The summed E-state index contributed by atoms with van der Waals surface area (Å²) in [5.41, 5.74) is 0.456. The largest absolute Gasteiger partial charge is 0.481 e. The number of halogens is 2. The second kappa shape index (κ2) is 7.51. The van der Waals surface area contributed by atoms with Gasteiger partial charge in [-0.3, -0.25) is 9.59 Å². The van der Waals surface area contributed by atoms with Crippen LogP contribution >= 0.6 is 35.0 Å². The van der Waals surface area contributed by atoms with Crippen molar-refractivity contribution in [2.45, 2.75) is 6.42 Å². The Morgan fingerprint density at radius 3 is 2.72 bits per heavy atom. The van der Waals surface area contributed by atoms with Crippen LogP contribution in [-0.4, -0.2) is 28.5 Å². The average Bonchev–Trinajstić information content (AvgIpc) is 2.29. The van der Waals surface area contributed by atoms with Crippen molar-refractivity contribution in [3.63, 3.8) is 0 Å². The van der Waals surface area contributed by atoms with Crippen LogP contribution in [0.4, 0.5) is 5.69 Å². The molecule has 0 radical (unpaired) electrons. The highest BCUT2D eigenvalue weighted by atomic mass is 35.5. The molecule has 0 bridgehead atoms. The molecule has 0 fully saturated rings. The predicted molar refractivity (Wildman–Crippen MR) is 74.7 cm³/mol. The minimum absolute atomic E-state index is 0.00873. The third-order valence-corrected chi connectivity index (χ3v) is 3.41. The van der Waals surface area contributed by atoms with Crippen molar-refractivity contribution in [3.8, 4) is 0 Å². The Morgan fingerprint density at radius 2 is 2.06 bits per heavy atom. The van der Waals surface area contributed by atoms with Crippen molar-refractivity contribution in [2.75, 3.05) is 16.8 Å². The molecule has 0 aromatic heterocycles. The van der Waals surface area contributed by atoms with Gasteiger partial charge in [-0.05, 0) is 18.2 Å². The second-order valence-corrected chi connectivity index (χ2v) is 5.32. The summed E-state index contributed by atoms with van der Waals surface area (Å²) in [5, 5.41) is 11.9. The quantitative estimate of drug-likeness (QED) is 0.792. The van der Waals surface area contributed by atoms with Crippen LogP contribution in [0, 0.1) is 0 Å². The molecule has 1 rings (SSSR count). The lowest BCUT2D eigenvalue weighted by atomic mass is 10.3. The Labute approximate surface area is 119 Å². The highest BCUT2D eigenvalue weighted by molar-refractivity contribution is 7.99. The summed E-state index contributed by atoms with van der Waals surface area (Å²) < 4.78 is 0. The number of hydrogen-bond acceptors (Lipinski definition) is 3. The molecule has 7 heteroatoms. The molecule has 18 heavy (non-hydrogen) atoms. The zero-order chi connectivity index (χ0) is 13.5. The number of carbonyl (C=O) groups is 2. The van der Waals surface area contributed by atoms with Gasteiger partial charge < -0.3 is 10.4 Å². The van der Waals surface area contributed by atoms with Gasteiger partial charge in [-0.15, -0.1) is 11.8 Å². The van der Waals surface area contributed by atoms with Gasteiger partial charge in [-0.25, -0.2) is 0 Å². The van der Waals surface area contributed by atoms with E-state index in [0.29, 0.717) is 21.5 Å². The topological polar surface area (TPSA) is 66.4 Å². The Morgan fingerprint density at radius 1 is 1.33 bits per heavy atom. The maximum Gasteiger partial charge on any atom is 0.313 e. The first-order valence-electron chi connectivity index (χ1n) is 5.03. The zero-order valence-electron chi connectivity index (χ0n) is 9.28. The summed E-state index contributed by atoms with van der Waals surface area (Å²) in [6, 6.07) is 4.78. The van der Waals surface area contributed by atoms with Gasteiger partial charge in [0.2, 0.25) is 5.91 Å². The normalized spacial score (nSPS) is 10.1. The monoisotopic (exact) mass is 307 g/mol. The van der Waals surface area contributed by atoms with E-state index in [-0.39, 0.29) is 18.1 Å². The lowest BCUT2D eigenvalue weighted by Crippen LogP contribution is -2.13. The molecule has 0 aliphatic rings. The van der Waals surface area contributed by atoms with Gasteiger partial charge in [0.15, 0.2) is 0 Å². The number of aliphatic carboxylic acids is 1. The SMILES string of the molecule is O=C(O)CSCCC(=O)Nc1cc(Cl)ccc1Cl. The van der Waals surface area contributed by atoms with Crippen molar-refractivity contribution in [2.24, 2.45) is 0 Å². The van der Waals surface area contributed by atoms with Crippen LogP contribution < -0.4 is 5.32 Å². The molecule has 1 aromatic carbocycles. The standard InChI is InChI=1S/C11H11Cl2NO3S/c12-7-1-2-8(13)9(5-7)14-10(15)3-4-18-6-11(16)17/h1-2,5H,3-4,6H2,(H,14,15)(H,16,17). The van der Waals surface area contributed by atoms with Gasteiger partial charge in [-0.1, -0.05) is 23.2 Å². The summed E-state index contributed by atoms with van der Waals surface area (Å²) in [6.45, 7) is 0. The van der Waals surface area contributed by atoms with Gasteiger partial charge in [0.1, 0.15) is 0 Å². The molecule has 0 saturated heterocycles. The highest BCUT2D eigenvalue weighted by Crippen LogP contribution is 2.25. The Balaban J connectivity index is 2.40. The summed E-state index contributed by atoms with van der Waals surface area (Å²) in [7, 11) is 0. The summed E-state index contributed by atoms with van der Waals surface area (Å²) in [4.78, 5) is 21.8. The molecule has 0 saturated carbocycles. The minimum atomic E-state index is -0.890. The van der Waals surface area contributed by atoms with Crippen molar-refractivity contribution >= 4 is 52.5 Å². The Bertz CT molecular complexity index is 454. The molecule has 1 aromatic rings. The van der Waals surface area contributed by atoms with E-state index in [2.05, 4.69) is 5.32 Å². The highest BCUT2D eigenvalue weighted by Gasteiger charge is 2.07. The lowest BCUT2D eigenvalue weighted by Gasteiger charge is -2.07. The predicted octanol–water partition coefficient (Wildman–Crippen LogP) is 3.14. The third kappa shape index (κ3) is 5.62. The number of amides is 1. The third-order valence-electron chi connectivity index (χ3n) is 1.90. The van der Waals surface area contributed by atoms with Crippen molar-refractivity contribution in [1.82, 2.24) is 0 Å². The number of nitrogens with one attached hydrogen (secondary N) is 1. The molecule has 1 amide bonds. The summed E-state index contributed by atoms with van der Waals surface area (Å²) in [6.07, 6.45) is 0.223. The molecule has 0 spiro atoms. The smallest absolute Gasteiger partial charge is 0.313 e. The van der Waals surface area contributed by atoms with Crippen LogP contribution in [0.15, 0.2) is 18.2 Å². The average molecular weight is 308 g/mol. The van der Waals surface area contributed by atoms with Crippen molar-refractivity contribution in [1.29, 1.82) is 0 Å². The number of thioether (sulfide) groups is 1. The van der Waals surface area contributed by atoms with E-state index in [0.717, 1.165) is 0 Å². The number of anilines is 1. The Hall–Kier alpha value is -0.910. The first-order valence-corrected chi connectivity index (χ1v) is 6.94. The number of carboxylic acids is 1. The number of rotatable bonds is 6. The van der Waals surface area contributed by atoms with Gasteiger partial charge in [0, 0.05) is 17.2 Å². The van der Waals surface area contributed by atoms with E-state index in [9.17, 15) is 9.59 Å². The van der Waals surface area contributed by atoms with E-state index in [1.54, 1.807) is 18.2 Å². The maximum absolute atomic E-state index is 11.5. The number of hydrogen-bond donors (Lipinski definition) is 2. The first-order chi connectivity index (χ1) is 8.49. The van der Waals surface area contributed by atoms with Gasteiger partial charge >= 0.3 is 5.97 Å². The molecule has 0 heterocycles. The molecule has 0 unspecified atom stereocenters. The maximum atomic E-state index is 11.5. The fraction of sp³-hybridized carbons (Fsp3) is 0.273. The van der Waals surface area contributed by atoms with Gasteiger partial charge in [0.25, 0.3) is 0 Å². The van der Waals surface area contributed by atoms with Crippen LogP contribution in [0.1, 0.15) is 6.42 Å². The lowest BCUT2D eigenvalue weighted by molar-refractivity contribution is -0.134. The molecular weight excluding hydrogens is 297 g/mol. The molecule has 98 valence electrons. The van der Waals surface area contributed by atoms with Crippen LogP contribution in [0.25, 0.3) is 0 Å². The van der Waals surface area contributed by atoms with E-state index in [1.165, 1.54) is 11.8 Å². The van der Waals surface area contributed by atoms with Gasteiger partial charge in [0.05, 0.1) is 16.5 Å². The molecular formula is C11H11Cl2NO3S. The number of benzene rings is 1. The van der Waals surface area contributed by atoms with E-state index >= 15 is 0 Å². The van der Waals surface area contributed by atoms with Crippen molar-refractivity contribution < 1.29 is 14.7 Å². The zero-order valence-corrected chi connectivity index (χ0v) is 11.6. The van der Waals surface area contributed by atoms with E-state index in [4.69, 9.17) is 28.3 Å². The summed E-state index contributed by atoms with van der Waals surface area (Å²) >= 11 is 12.9. The molecule has 0 aliphatic carbocycles. The van der Waals surface area contributed by atoms with Crippen LogP contribution in [-0.2, 0) is 9.59 Å². The second-order valence-electron chi connectivity index (χ2n) is 3.37. The molecule has 0 aliphatic heterocycles. The van der Waals surface area contributed by atoms with Gasteiger partial charge in [-0.2, -0.15) is 0 Å². The van der Waals surface area contributed by atoms with Crippen LogP contribution in [0.2, 0.25) is 10.0 Å². The minimum Gasteiger partial charge on any atom is -0.481 e. The molecule has 2 N–H and O–H groups in total. The fourth-order valence-corrected chi connectivity index (χ4v) is 2.12. The van der Waals surface area contributed by atoms with E-state index in [1.807, 2.05) is 0 Å². The summed E-state index contributed by atoms with van der Waals surface area (Å²) in [5.74, 6) is -0.683. The van der Waals surface area contributed by atoms with Crippen LogP contribution in [0.5, 0.6) is 0 Å².